The lowest BCUT2D eigenvalue weighted by Crippen LogP contribution is -2.34. The number of carbonyl (C=O) groups excluding carboxylic acids is 1. The summed E-state index contributed by atoms with van der Waals surface area (Å²) in [5.74, 6) is -1.72. The molecule has 3 unspecified atom stereocenters. The summed E-state index contributed by atoms with van der Waals surface area (Å²) in [4.78, 5) is 42.5. The van der Waals surface area contributed by atoms with Crippen molar-refractivity contribution in [1.82, 2.24) is 19.5 Å². The van der Waals surface area contributed by atoms with Crippen LogP contribution in [0, 0.1) is 18.7 Å². The Morgan fingerprint density at radius 2 is 1.85 bits per heavy atom. The average molecular weight is 581 g/mol. The third-order valence-electron chi connectivity index (χ3n) is 6.92. The molecule has 1 aliphatic carbocycles. The third kappa shape index (κ3) is 5.09. The van der Waals surface area contributed by atoms with Crippen molar-refractivity contribution in [3.05, 3.63) is 97.9 Å². The zero-order valence-corrected chi connectivity index (χ0v) is 22.9. The first-order valence-corrected chi connectivity index (χ1v) is 13.9. The number of hydrazone groups is 1. The Morgan fingerprint density at radius 3 is 2.56 bits per heavy atom. The van der Waals surface area contributed by atoms with Crippen LogP contribution in [0.2, 0.25) is 0 Å². The van der Waals surface area contributed by atoms with Gasteiger partial charge in [0.15, 0.2) is 5.78 Å². The summed E-state index contributed by atoms with van der Waals surface area (Å²) in [6, 6.07) is 9.02. The summed E-state index contributed by atoms with van der Waals surface area (Å²) in [6.07, 6.45) is 5.81. The van der Waals surface area contributed by atoms with Gasteiger partial charge in [-0.1, -0.05) is 29.3 Å². The monoisotopic (exact) mass is 580 g/mol. The topological polar surface area (TPSA) is 141 Å². The molecule has 3 heterocycles. The molecule has 2 aromatic heterocycles. The lowest BCUT2D eigenvalue weighted by Gasteiger charge is -2.21. The number of H-pyrrole nitrogens is 1. The quantitative estimate of drug-likeness (QED) is 0.281. The Balaban J connectivity index is 0.000000794. The van der Waals surface area contributed by atoms with Crippen molar-refractivity contribution in [2.45, 2.75) is 26.4 Å². The Morgan fingerprint density at radius 1 is 1.15 bits per heavy atom. The highest BCUT2D eigenvalue weighted by Crippen LogP contribution is 2.34. The Kier molecular flexibility index (Phi) is 7.41. The molecule has 212 valence electrons. The zero-order chi connectivity index (χ0) is 29.6. The molecule has 0 amide bonds. The van der Waals surface area contributed by atoms with Crippen LogP contribution >= 0.6 is 0 Å². The van der Waals surface area contributed by atoms with Gasteiger partial charge in [-0.2, -0.15) is 5.10 Å². The first kappa shape index (κ1) is 28.1. The number of benzene rings is 2. The lowest BCUT2D eigenvalue weighted by molar-refractivity contribution is 0.100. The highest BCUT2D eigenvalue weighted by atomic mass is 32.2. The number of hydrogen-bond donors (Lipinski definition) is 2. The van der Waals surface area contributed by atoms with Gasteiger partial charge in [0.05, 0.1) is 34.7 Å². The minimum absolute atomic E-state index is 0.00524. The van der Waals surface area contributed by atoms with Crippen LogP contribution in [0.25, 0.3) is 27.5 Å². The van der Waals surface area contributed by atoms with Crippen molar-refractivity contribution in [1.29, 1.82) is 0 Å². The molecule has 2 aromatic carbocycles. The number of hydrogen-bond acceptors (Lipinski definition) is 7. The molecule has 1 aliphatic heterocycles. The number of ketones is 1. The number of carbonyl (C=O) groups is 1. The molecular weight excluding hydrogens is 556 g/mol. The van der Waals surface area contributed by atoms with Crippen LogP contribution in [0.15, 0.2) is 74.6 Å². The molecule has 13 heteroatoms. The van der Waals surface area contributed by atoms with Crippen LogP contribution in [0.5, 0.6) is 0 Å². The number of aromatic amines is 1. The summed E-state index contributed by atoms with van der Waals surface area (Å²) in [6.45, 7) is 2.72. The van der Waals surface area contributed by atoms with Gasteiger partial charge in [-0.25, -0.2) is 18.1 Å². The SMILES string of the molecule is CC(=O)c1c(-n2c(=O)[nH]c3ccccc3c2=O)c2cc(C)c(F)cc2n1CC1=CC2NN=CC2C=C1F.CS(=O)[O-]. The number of nitrogens with one attached hydrogen (secondary N) is 2. The van der Waals surface area contributed by atoms with E-state index in [4.69, 9.17) is 8.76 Å². The molecule has 0 spiro atoms. The molecular formula is C28H24F2N5O5S-. The summed E-state index contributed by atoms with van der Waals surface area (Å²) in [5.41, 5.74) is 2.71. The van der Waals surface area contributed by atoms with E-state index in [0.29, 0.717) is 10.9 Å². The lowest BCUT2D eigenvalue weighted by atomic mass is 9.93. The maximum Gasteiger partial charge on any atom is 0.333 e. The average Bonchev–Trinajstić information content (AvgIpc) is 3.46. The summed E-state index contributed by atoms with van der Waals surface area (Å²) in [7, 11) is 0. The van der Waals surface area contributed by atoms with Gasteiger partial charge in [0, 0.05) is 30.0 Å². The number of fused-ring (bicyclic) bond motifs is 3. The number of nitrogens with zero attached hydrogens (tertiary/aromatic N) is 3. The number of rotatable bonds is 4. The second kappa shape index (κ2) is 10.8. The van der Waals surface area contributed by atoms with Gasteiger partial charge in [-0.15, -0.1) is 0 Å². The van der Waals surface area contributed by atoms with E-state index in [2.05, 4.69) is 15.5 Å². The predicted octanol–water partition coefficient (Wildman–Crippen LogP) is 3.15. The van der Waals surface area contributed by atoms with E-state index in [-0.39, 0.29) is 51.9 Å². The smallest absolute Gasteiger partial charge is 0.333 e. The van der Waals surface area contributed by atoms with Crippen LogP contribution in [0.4, 0.5) is 8.78 Å². The number of halogens is 2. The number of Topliss-reactive ketones (excluding diaryl/α,β-unsaturated/α-hetero) is 1. The minimum atomic E-state index is -1.86. The number of aromatic nitrogens is 3. The molecule has 41 heavy (non-hydrogen) atoms. The first-order valence-electron chi connectivity index (χ1n) is 12.4. The van der Waals surface area contributed by atoms with E-state index in [1.807, 2.05) is 0 Å². The van der Waals surface area contributed by atoms with Gasteiger partial charge in [0.2, 0.25) is 0 Å². The molecule has 3 atom stereocenters. The first-order chi connectivity index (χ1) is 19.5. The van der Waals surface area contributed by atoms with E-state index in [0.717, 1.165) is 10.8 Å². The highest BCUT2D eigenvalue weighted by molar-refractivity contribution is 7.78. The molecule has 2 N–H and O–H groups in total. The van der Waals surface area contributed by atoms with Crippen LogP contribution in [0.1, 0.15) is 23.0 Å². The molecule has 6 rings (SSSR count). The second-order valence-electron chi connectivity index (χ2n) is 9.69. The van der Waals surface area contributed by atoms with E-state index in [1.165, 1.54) is 29.7 Å². The van der Waals surface area contributed by atoms with Crippen molar-refractivity contribution in [2.75, 3.05) is 6.26 Å². The number of allylic oxidation sites excluding steroid dienone is 2. The molecule has 0 fully saturated rings. The maximum absolute atomic E-state index is 15.1. The van der Waals surface area contributed by atoms with Crippen molar-refractivity contribution in [3.63, 3.8) is 0 Å². The molecule has 10 nitrogen and oxygen atoms in total. The van der Waals surface area contributed by atoms with Crippen LogP contribution in [-0.4, -0.2) is 47.2 Å². The molecule has 2 aliphatic rings. The van der Waals surface area contributed by atoms with E-state index < -0.39 is 39.8 Å². The molecule has 4 aromatic rings. The fourth-order valence-electron chi connectivity index (χ4n) is 5.13. The van der Waals surface area contributed by atoms with Gasteiger partial charge in [-0.05, 0) is 49.1 Å². The van der Waals surface area contributed by atoms with Crippen LogP contribution in [-0.2, 0) is 17.6 Å². The summed E-state index contributed by atoms with van der Waals surface area (Å²) < 4.78 is 50.3. The molecule has 0 radical (unpaired) electrons. The van der Waals surface area contributed by atoms with Crippen molar-refractivity contribution in [2.24, 2.45) is 11.0 Å². The van der Waals surface area contributed by atoms with E-state index in [9.17, 15) is 18.8 Å². The fourth-order valence-corrected chi connectivity index (χ4v) is 5.13. The highest BCUT2D eigenvalue weighted by Gasteiger charge is 2.30. The zero-order valence-electron chi connectivity index (χ0n) is 22.1. The van der Waals surface area contributed by atoms with E-state index in [1.54, 1.807) is 43.5 Å². The van der Waals surface area contributed by atoms with Crippen molar-refractivity contribution >= 4 is 44.9 Å². The molecule has 0 saturated carbocycles. The molecule has 0 bridgehead atoms. The largest absolute Gasteiger partial charge is 0.773 e. The van der Waals surface area contributed by atoms with Gasteiger partial charge in [0.25, 0.3) is 5.56 Å². The van der Waals surface area contributed by atoms with Gasteiger partial charge >= 0.3 is 5.69 Å². The Bertz CT molecular complexity index is 1970. The van der Waals surface area contributed by atoms with Gasteiger partial charge in [0.1, 0.15) is 17.3 Å². The molecule has 0 saturated heterocycles. The van der Waals surface area contributed by atoms with Crippen LogP contribution in [0.3, 0.4) is 0 Å². The van der Waals surface area contributed by atoms with Crippen molar-refractivity contribution < 1.29 is 22.3 Å². The van der Waals surface area contributed by atoms with Gasteiger partial charge in [-0.3, -0.25) is 13.8 Å². The van der Waals surface area contributed by atoms with Crippen LogP contribution < -0.4 is 16.7 Å². The third-order valence-corrected chi connectivity index (χ3v) is 6.92. The summed E-state index contributed by atoms with van der Waals surface area (Å²) in [5, 5.41) is 4.57. The second-order valence-corrected chi connectivity index (χ2v) is 10.5. The number of aryl methyl sites for hydroxylation is 1. The Labute approximate surface area is 234 Å². The maximum atomic E-state index is 15.1. The fraction of sp³-hybridized carbons (Fsp3) is 0.214. The van der Waals surface area contributed by atoms with E-state index >= 15 is 4.39 Å². The van der Waals surface area contributed by atoms with Crippen molar-refractivity contribution in [3.8, 4) is 5.69 Å². The van der Waals surface area contributed by atoms with Gasteiger partial charge < -0.3 is 19.5 Å². The number of para-hydroxylation sites is 1. The predicted molar refractivity (Wildman–Crippen MR) is 151 cm³/mol. The normalized spacial score (nSPS) is 18.3. The summed E-state index contributed by atoms with van der Waals surface area (Å²) >= 11 is -1.86. The Hall–Kier alpha value is -4.49. The minimum Gasteiger partial charge on any atom is -0.773 e. The standard InChI is InChI=1S/C27H21F2N5O3.CH4O2S/c1-13-7-18-23(10-19(13)28)33(12-16-9-22-15(8-20(16)29)11-30-32-22)24(14(2)35)25(18)34-26(36)17-5-3-4-6-21(17)31-27(34)37;1-4(2)3/h3-11,15,22,32H,12H2,1-2H3,(H,31,37);1H3,(H,2,3)/p-1.